The van der Waals surface area contributed by atoms with E-state index in [0.717, 1.165) is 25.7 Å². The van der Waals surface area contributed by atoms with Gasteiger partial charge in [0.25, 0.3) is 0 Å². The smallest absolute Gasteiger partial charge is 1.00 e. The Bertz CT molecular complexity index is 259. The van der Waals surface area contributed by atoms with Crippen molar-refractivity contribution in [1.82, 2.24) is 0 Å². The van der Waals surface area contributed by atoms with Gasteiger partial charge in [0.05, 0.1) is 0 Å². The zero-order valence-electron chi connectivity index (χ0n) is 13.7. The first-order valence-electron chi connectivity index (χ1n) is 6.36. The summed E-state index contributed by atoms with van der Waals surface area (Å²) in [7, 11) is 0. The number of rotatable bonds is 9. The van der Waals surface area contributed by atoms with Crippen molar-refractivity contribution in [2.75, 3.05) is 0 Å². The van der Waals surface area contributed by atoms with Crippen LogP contribution in [-0.4, -0.2) is 59.9 Å². The van der Waals surface area contributed by atoms with Crippen molar-refractivity contribution in [1.29, 1.82) is 0 Å². The predicted octanol–water partition coefficient (Wildman–Crippen LogP) is 3.00. The molecule has 0 saturated heterocycles. The summed E-state index contributed by atoms with van der Waals surface area (Å²) in [5.41, 5.74) is -1.62. The van der Waals surface area contributed by atoms with E-state index in [9.17, 15) is 19.8 Å². The van der Waals surface area contributed by atoms with Crippen molar-refractivity contribution < 1.29 is 22.7 Å². The first-order chi connectivity index (χ1) is 7.89. The molecule has 5 heteroatoms. The molecule has 0 saturated carbocycles. The normalized spacial score (nSPS) is 11.1. The number of carboxylic acid groups (broad SMARTS) is 2. The molecule has 0 aliphatic carbocycles. The first kappa shape index (κ1) is 20.5. The van der Waals surface area contributed by atoms with Crippen LogP contribution < -0.4 is 0 Å². The van der Waals surface area contributed by atoms with E-state index in [2.05, 4.69) is 6.92 Å². The van der Waals surface area contributed by atoms with E-state index in [1.54, 1.807) is 13.8 Å². The minimum Gasteiger partial charge on any atom is -1.00 e. The Hall–Kier alpha value is 0.200. The third-order valence-electron chi connectivity index (χ3n) is 3.42. The van der Waals surface area contributed by atoms with Crippen molar-refractivity contribution in [2.24, 2.45) is 11.3 Å². The molecule has 0 aromatic rings. The minimum atomic E-state index is -1.62. The van der Waals surface area contributed by atoms with Crippen molar-refractivity contribution in [3.63, 3.8) is 0 Å². The largest absolute Gasteiger partial charge is 2.00 e. The SMILES string of the molecule is CCCCCCCC(C(=O)O)(C(=O)O)C(C)C.[Ca+2].[H-].[H-]. The standard InChI is InChI=1S/C13H24O4.Ca.2H/c1-4-5-6-7-8-9-13(10(2)3,11(14)15)12(16)17;;;/h10H,4-9H2,1-3H3,(H,14,15)(H,16,17);;;/q;+2;2*-1. The van der Waals surface area contributed by atoms with Crippen molar-refractivity contribution in [3.8, 4) is 0 Å². The Morgan fingerprint density at radius 3 is 1.83 bits per heavy atom. The maximum absolute atomic E-state index is 11.2. The van der Waals surface area contributed by atoms with Crippen LogP contribution in [0.25, 0.3) is 0 Å². The molecular formula is C13H26CaO4. The van der Waals surface area contributed by atoms with Gasteiger partial charge in [0, 0.05) is 0 Å². The topological polar surface area (TPSA) is 74.6 Å². The molecule has 0 atom stereocenters. The Kier molecular flexibility index (Phi) is 11.4. The number of aliphatic carboxylic acids is 2. The summed E-state index contributed by atoms with van der Waals surface area (Å²) in [5, 5.41) is 18.4. The van der Waals surface area contributed by atoms with E-state index in [4.69, 9.17) is 0 Å². The predicted molar refractivity (Wildman–Crippen MR) is 73.9 cm³/mol. The summed E-state index contributed by atoms with van der Waals surface area (Å²) < 4.78 is 0. The van der Waals surface area contributed by atoms with Crippen molar-refractivity contribution >= 4 is 49.7 Å². The Labute approximate surface area is 142 Å². The van der Waals surface area contributed by atoms with Gasteiger partial charge < -0.3 is 13.1 Å². The molecule has 0 aliphatic heterocycles. The number of carbonyl (C=O) groups is 2. The molecule has 0 aromatic heterocycles. The molecule has 0 fully saturated rings. The Balaban J connectivity index is -0.000000427. The average molecular weight is 286 g/mol. The van der Waals surface area contributed by atoms with E-state index in [-0.39, 0.29) is 47.0 Å². The van der Waals surface area contributed by atoms with E-state index in [1.165, 1.54) is 0 Å². The van der Waals surface area contributed by atoms with Gasteiger partial charge in [-0.3, -0.25) is 9.59 Å². The van der Waals surface area contributed by atoms with E-state index >= 15 is 0 Å². The van der Waals surface area contributed by atoms with Gasteiger partial charge in [-0.1, -0.05) is 52.9 Å². The summed E-state index contributed by atoms with van der Waals surface area (Å²) in [6, 6.07) is 0. The molecule has 0 radical (unpaired) electrons. The molecule has 0 bridgehead atoms. The molecule has 104 valence electrons. The van der Waals surface area contributed by atoms with Crippen LogP contribution in [0.4, 0.5) is 0 Å². The quantitative estimate of drug-likeness (QED) is 0.388. The van der Waals surface area contributed by atoms with Crippen LogP contribution >= 0.6 is 0 Å². The molecule has 2 N–H and O–H groups in total. The zero-order valence-corrected chi connectivity index (χ0v) is 13.9. The second-order valence-corrected chi connectivity index (χ2v) is 4.90. The maximum atomic E-state index is 11.2. The van der Waals surface area contributed by atoms with Crippen LogP contribution in [0.3, 0.4) is 0 Å². The molecule has 4 nitrogen and oxygen atoms in total. The molecule has 0 rings (SSSR count). The Morgan fingerprint density at radius 1 is 1.06 bits per heavy atom. The van der Waals surface area contributed by atoms with E-state index in [1.807, 2.05) is 0 Å². The molecule has 0 amide bonds. The van der Waals surface area contributed by atoms with Gasteiger partial charge in [-0.2, -0.15) is 0 Å². The molecule has 0 heterocycles. The van der Waals surface area contributed by atoms with Gasteiger partial charge in [-0.05, 0) is 12.3 Å². The third kappa shape index (κ3) is 5.45. The second kappa shape index (κ2) is 10.0. The summed E-state index contributed by atoms with van der Waals surface area (Å²) >= 11 is 0. The third-order valence-corrected chi connectivity index (χ3v) is 3.42. The summed E-state index contributed by atoms with van der Waals surface area (Å²) in [6.07, 6.45) is 5.07. The zero-order chi connectivity index (χ0) is 13.5. The fourth-order valence-electron chi connectivity index (χ4n) is 2.10. The summed E-state index contributed by atoms with van der Waals surface area (Å²) in [5.74, 6) is -2.82. The molecular weight excluding hydrogens is 260 g/mol. The fourth-order valence-corrected chi connectivity index (χ4v) is 2.10. The van der Waals surface area contributed by atoms with Crippen LogP contribution in [0.2, 0.25) is 0 Å². The van der Waals surface area contributed by atoms with Crippen LogP contribution in [-0.2, 0) is 9.59 Å². The van der Waals surface area contributed by atoms with Crippen LogP contribution in [0.1, 0.15) is 62.1 Å². The monoisotopic (exact) mass is 286 g/mol. The van der Waals surface area contributed by atoms with Gasteiger partial charge in [0.15, 0.2) is 5.41 Å². The number of hydrogen-bond donors (Lipinski definition) is 2. The van der Waals surface area contributed by atoms with Crippen LogP contribution in [0.5, 0.6) is 0 Å². The molecule has 18 heavy (non-hydrogen) atoms. The number of carboxylic acids is 2. The average Bonchev–Trinajstić information content (AvgIpc) is 2.21. The van der Waals surface area contributed by atoms with Gasteiger partial charge >= 0.3 is 49.7 Å². The Morgan fingerprint density at radius 2 is 1.50 bits per heavy atom. The van der Waals surface area contributed by atoms with E-state index in [0.29, 0.717) is 6.42 Å². The summed E-state index contributed by atoms with van der Waals surface area (Å²) in [4.78, 5) is 22.5. The van der Waals surface area contributed by atoms with E-state index < -0.39 is 23.3 Å². The molecule has 0 unspecified atom stereocenters. The molecule has 0 aliphatic rings. The van der Waals surface area contributed by atoms with Crippen molar-refractivity contribution in [3.05, 3.63) is 0 Å². The maximum Gasteiger partial charge on any atom is 2.00 e. The second-order valence-electron chi connectivity index (χ2n) is 4.90. The van der Waals surface area contributed by atoms with Crippen LogP contribution in [0, 0.1) is 11.3 Å². The number of unbranched alkanes of at least 4 members (excludes halogenated alkanes) is 4. The fraction of sp³-hybridized carbons (Fsp3) is 0.846. The van der Waals surface area contributed by atoms with Gasteiger partial charge in [0.1, 0.15) is 0 Å². The molecule has 0 aromatic carbocycles. The van der Waals surface area contributed by atoms with Gasteiger partial charge in [0.2, 0.25) is 0 Å². The first-order valence-corrected chi connectivity index (χ1v) is 6.36. The summed E-state index contributed by atoms with van der Waals surface area (Å²) in [6.45, 7) is 5.43. The van der Waals surface area contributed by atoms with Gasteiger partial charge in [-0.15, -0.1) is 0 Å². The number of hydrogen-bond acceptors (Lipinski definition) is 2. The minimum absolute atomic E-state index is 0. The van der Waals surface area contributed by atoms with Gasteiger partial charge in [-0.25, -0.2) is 0 Å². The van der Waals surface area contributed by atoms with Crippen molar-refractivity contribution in [2.45, 2.75) is 59.3 Å². The van der Waals surface area contributed by atoms with Crippen LogP contribution in [0.15, 0.2) is 0 Å². The molecule has 0 spiro atoms.